The number of hydrogen-bond acceptors (Lipinski definition) is 8. The second-order valence-corrected chi connectivity index (χ2v) is 8.27. The molecule has 4 aromatic rings. The highest BCUT2D eigenvalue weighted by Gasteiger charge is 2.23. The van der Waals surface area contributed by atoms with Gasteiger partial charge in [-0.05, 0) is 31.2 Å². The maximum Gasteiger partial charge on any atom is 0.305 e. The lowest BCUT2D eigenvalue weighted by atomic mass is 10.2. The van der Waals surface area contributed by atoms with E-state index >= 15 is 0 Å². The number of nitro benzene ring substituents is 1. The zero-order chi connectivity index (χ0) is 20.5. The van der Waals surface area contributed by atoms with Crippen molar-refractivity contribution in [2.45, 2.75) is 16.2 Å². The minimum Gasteiger partial charge on any atom is -0.423 e. The summed E-state index contributed by atoms with van der Waals surface area (Å²) in [5.41, 5.74) is 2.05. The molecule has 0 unspecified atom stereocenters. The average molecular weight is 426 g/mol. The molecule has 0 atom stereocenters. The van der Waals surface area contributed by atoms with Gasteiger partial charge in [0, 0.05) is 29.8 Å². The molecule has 8 nitrogen and oxygen atoms in total. The largest absolute Gasteiger partial charge is 0.423 e. The number of amides is 1. The van der Waals surface area contributed by atoms with Crippen LogP contribution in [-0.2, 0) is 0 Å². The predicted molar refractivity (Wildman–Crippen MR) is 111 cm³/mol. The number of para-hydroxylation sites is 2. The zero-order valence-corrected chi connectivity index (χ0v) is 17.0. The number of rotatable bonds is 5. The van der Waals surface area contributed by atoms with Gasteiger partial charge in [0.25, 0.3) is 11.6 Å². The summed E-state index contributed by atoms with van der Waals surface area (Å²) in [5.74, 6) is -0.457. The van der Waals surface area contributed by atoms with E-state index in [-0.39, 0.29) is 17.3 Å². The number of nitrogens with zero attached hydrogens (tertiary/aromatic N) is 4. The van der Waals surface area contributed by atoms with Crippen molar-refractivity contribution in [3.8, 4) is 0 Å². The van der Waals surface area contributed by atoms with Crippen LogP contribution >= 0.6 is 23.1 Å². The number of nitro groups is 1. The molecular formula is C19H14N4O4S2. The Morgan fingerprint density at radius 3 is 2.72 bits per heavy atom. The minimum absolute atomic E-state index is 0.121. The van der Waals surface area contributed by atoms with Crippen LogP contribution in [0.2, 0.25) is 0 Å². The summed E-state index contributed by atoms with van der Waals surface area (Å²) in [6.45, 7) is 1.86. The van der Waals surface area contributed by atoms with Crippen molar-refractivity contribution < 1.29 is 14.1 Å². The van der Waals surface area contributed by atoms with Gasteiger partial charge >= 0.3 is 6.01 Å². The molecule has 0 fully saturated rings. The van der Waals surface area contributed by atoms with Gasteiger partial charge in [-0.15, -0.1) is 11.3 Å². The maximum atomic E-state index is 12.9. The summed E-state index contributed by atoms with van der Waals surface area (Å²) in [6, 6.07) is 11.7. The Morgan fingerprint density at radius 1 is 1.24 bits per heavy atom. The van der Waals surface area contributed by atoms with Gasteiger partial charge in [-0.3, -0.25) is 19.8 Å². The number of fused-ring (bicyclic) bond motifs is 1. The second-order valence-electron chi connectivity index (χ2n) is 6.12. The molecule has 0 saturated carbocycles. The standard InChI is InChI=1S/C19H14N4O4S2/c1-11-10-28-19(20-11)29-16-8-7-12(9-14(16)23(25)26)17(24)22(2)18-21-13-5-3-4-6-15(13)27-18/h3-10H,1-2H3. The van der Waals surface area contributed by atoms with Crippen molar-refractivity contribution in [2.75, 3.05) is 11.9 Å². The molecule has 146 valence electrons. The number of hydrogen-bond donors (Lipinski definition) is 0. The summed E-state index contributed by atoms with van der Waals surface area (Å²) in [7, 11) is 1.51. The third-order valence-electron chi connectivity index (χ3n) is 4.07. The summed E-state index contributed by atoms with van der Waals surface area (Å²) < 4.78 is 6.31. The Bertz CT molecular complexity index is 1200. The van der Waals surface area contributed by atoms with Gasteiger partial charge in [-0.1, -0.05) is 23.9 Å². The molecule has 4 rings (SSSR count). The van der Waals surface area contributed by atoms with E-state index < -0.39 is 10.8 Å². The molecule has 0 radical (unpaired) electrons. The van der Waals surface area contributed by atoms with Gasteiger partial charge in [0.1, 0.15) is 5.52 Å². The summed E-state index contributed by atoms with van der Waals surface area (Å²) in [6.07, 6.45) is 0. The van der Waals surface area contributed by atoms with Crippen LogP contribution in [-0.4, -0.2) is 27.8 Å². The van der Waals surface area contributed by atoms with E-state index in [0.29, 0.717) is 20.3 Å². The van der Waals surface area contributed by atoms with Crippen LogP contribution in [0.3, 0.4) is 0 Å². The molecule has 0 aliphatic rings. The molecule has 2 aromatic heterocycles. The minimum atomic E-state index is -0.501. The smallest absolute Gasteiger partial charge is 0.305 e. The van der Waals surface area contributed by atoms with E-state index in [9.17, 15) is 14.9 Å². The molecule has 0 spiro atoms. The first-order valence-electron chi connectivity index (χ1n) is 8.44. The lowest BCUT2D eigenvalue weighted by Crippen LogP contribution is -2.26. The van der Waals surface area contributed by atoms with Crippen LogP contribution in [0.15, 0.2) is 61.5 Å². The highest BCUT2D eigenvalue weighted by Crippen LogP contribution is 2.37. The lowest BCUT2D eigenvalue weighted by molar-refractivity contribution is -0.387. The first-order valence-corrected chi connectivity index (χ1v) is 10.1. The van der Waals surface area contributed by atoms with Gasteiger partial charge in [0.05, 0.1) is 9.82 Å². The Hall–Kier alpha value is -3.24. The molecule has 10 heteroatoms. The number of anilines is 1. The third kappa shape index (κ3) is 3.84. The second kappa shape index (κ2) is 7.64. The Kier molecular flexibility index (Phi) is 5.03. The molecule has 29 heavy (non-hydrogen) atoms. The molecule has 2 aromatic carbocycles. The first kappa shape index (κ1) is 19.1. The van der Waals surface area contributed by atoms with Crippen LogP contribution < -0.4 is 4.90 Å². The molecule has 1 amide bonds. The normalized spacial score (nSPS) is 11.0. The van der Waals surface area contributed by atoms with Gasteiger partial charge < -0.3 is 4.42 Å². The van der Waals surface area contributed by atoms with E-state index in [2.05, 4.69) is 9.97 Å². The zero-order valence-electron chi connectivity index (χ0n) is 15.4. The molecule has 0 bridgehead atoms. The third-order valence-corrected chi connectivity index (χ3v) is 6.19. The van der Waals surface area contributed by atoms with E-state index in [1.165, 1.54) is 41.1 Å². The predicted octanol–water partition coefficient (Wildman–Crippen LogP) is 4.93. The number of thiazole rings is 1. The number of oxazole rings is 1. The molecule has 0 aliphatic heterocycles. The van der Waals surface area contributed by atoms with E-state index in [0.717, 1.165) is 5.69 Å². The number of aromatic nitrogens is 2. The Balaban J connectivity index is 1.64. The van der Waals surface area contributed by atoms with Crippen molar-refractivity contribution in [1.29, 1.82) is 0 Å². The molecular weight excluding hydrogens is 412 g/mol. The van der Waals surface area contributed by atoms with Gasteiger partial charge in [0.2, 0.25) is 0 Å². The Morgan fingerprint density at radius 2 is 2.03 bits per heavy atom. The van der Waals surface area contributed by atoms with Crippen LogP contribution in [0.25, 0.3) is 11.1 Å². The lowest BCUT2D eigenvalue weighted by Gasteiger charge is -2.12. The highest BCUT2D eigenvalue weighted by atomic mass is 32.2. The quantitative estimate of drug-likeness (QED) is 0.329. The first-order chi connectivity index (χ1) is 13.9. The SMILES string of the molecule is Cc1csc(Sc2ccc(C(=O)N(C)c3nc4ccccc4o3)cc2[N+](=O)[O-])n1. The molecule has 2 heterocycles. The van der Waals surface area contributed by atoms with Crippen LogP contribution in [0.1, 0.15) is 16.1 Å². The van der Waals surface area contributed by atoms with E-state index in [1.807, 2.05) is 24.4 Å². The average Bonchev–Trinajstić information content (AvgIpc) is 3.32. The summed E-state index contributed by atoms with van der Waals surface area (Å²) >= 11 is 2.61. The number of carbonyl (C=O) groups is 1. The van der Waals surface area contributed by atoms with Crippen molar-refractivity contribution >= 4 is 51.8 Å². The van der Waals surface area contributed by atoms with Crippen molar-refractivity contribution in [3.05, 3.63) is 69.2 Å². The number of aryl methyl sites for hydroxylation is 1. The van der Waals surface area contributed by atoms with Crippen LogP contribution in [0.4, 0.5) is 11.7 Å². The fourth-order valence-corrected chi connectivity index (χ4v) is 4.52. The number of carbonyl (C=O) groups excluding carboxylic acids is 1. The molecule has 0 saturated heterocycles. The van der Waals surface area contributed by atoms with Crippen molar-refractivity contribution in [1.82, 2.24) is 9.97 Å². The highest BCUT2D eigenvalue weighted by molar-refractivity contribution is 8.01. The summed E-state index contributed by atoms with van der Waals surface area (Å²) in [5, 5.41) is 13.4. The van der Waals surface area contributed by atoms with Gasteiger partial charge in [0.15, 0.2) is 9.92 Å². The summed E-state index contributed by atoms with van der Waals surface area (Å²) in [4.78, 5) is 34.2. The van der Waals surface area contributed by atoms with Crippen molar-refractivity contribution in [3.63, 3.8) is 0 Å². The van der Waals surface area contributed by atoms with Gasteiger partial charge in [-0.2, -0.15) is 4.98 Å². The maximum absolute atomic E-state index is 12.9. The molecule has 0 aliphatic carbocycles. The van der Waals surface area contributed by atoms with E-state index in [1.54, 1.807) is 24.3 Å². The molecule has 0 N–H and O–H groups in total. The van der Waals surface area contributed by atoms with Crippen molar-refractivity contribution in [2.24, 2.45) is 0 Å². The van der Waals surface area contributed by atoms with Gasteiger partial charge in [-0.25, -0.2) is 4.98 Å². The fourth-order valence-electron chi connectivity index (χ4n) is 2.64. The topological polar surface area (TPSA) is 102 Å². The van der Waals surface area contributed by atoms with Crippen LogP contribution in [0.5, 0.6) is 0 Å². The van der Waals surface area contributed by atoms with Crippen LogP contribution in [0, 0.1) is 17.0 Å². The Labute approximate surface area is 173 Å². The fraction of sp³-hybridized carbons (Fsp3) is 0.105. The van der Waals surface area contributed by atoms with E-state index in [4.69, 9.17) is 4.42 Å². The number of benzene rings is 2. The monoisotopic (exact) mass is 426 g/mol.